The topological polar surface area (TPSA) is 106 Å². The number of aromatic nitrogens is 2. The highest BCUT2D eigenvalue weighted by Gasteiger charge is 2.30. The molecule has 4 rings (SSSR count). The maximum absolute atomic E-state index is 12.0. The van der Waals surface area contributed by atoms with Crippen molar-refractivity contribution in [3.05, 3.63) is 63.9 Å². The summed E-state index contributed by atoms with van der Waals surface area (Å²) >= 11 is 6.11. The molecule has 0 unspecified atom stereocenters. The van der Waals surface area contributed by atoms with Gasteiger partial charge >= 0.3 is 5.69 Å². The van der Waals surface area contributed by atoms with E-state index in [-0.39, 0.29) is 17.3 Å². The van der Waals surface area contributed by atoms with Gasteiger partial charge in [0.15, 0.2) is 0 Å². The summed E-state index contributed by atoms with van der Waals surface area (Å²) in [7, 11) is 3.06. The van der Waals surface area contributed by atoms with Crippen molar-refractivity contribution in [1.29, 1.82) is 0 Å². The van der Waals surface area contributed by atoms with Gasteiger partial charge in [0.1, 0.15) is 17.8 Å². The molecule has 0 aliphatic carbocycles. The number of hydrogen-bond donors (Lipinski definition) is 1. The first-order valence-electron chi connectivity index (χ1n) is 10.2. The lowest BCUT2D eigenvalue weighted by Crippen LogP contribution is -2.47. The third-order valence-electron chi connectivity index (χ3n) is 5.40. The van der Waals surface area contributed by atoms with E-state index in [0.29, 0.717) is 48.4 Å². The molecule has 10 nitrogen and oxygen atoms in total. The number of nitrogens with one attached hydrogen (secondary N) is 1. The van der Waals surface area contributed by atoms with Gasteiger partial charge in [0.2, 0.25) is 11.6 Å². The predicted octanol–water partition coefficient (Wildman–Crippen LogP) is 4.13. The molecular formula is C22H23ClN6O4. The van der Waals surface area contributed by atoms with Crippen molar-refractivity contribution >= 4 is 40.3 Å². The molecule has 0 radical (unpaired) electrons. The van der Waals surface area contributed by atoms with Crippen LogP contribution in [-0.4, -0.2) is 55.3 Å². The van der Waals surface area contributed by atoms with Crippen LogP contribution < -0.4 is 24.6 Å². The van der Waals surface area contributed by atoms with E-state index in [0.717, 1.165) is 5.69 Å². The average molecular weight is 471 g/mol. The van der Waals surface area contributed by atoms with Crippen LogP contribution in [0.15, 0.2) is 48.8 Å². The molecule has 1 N–H and O–H groups in total. The SMILES string of the molecule is COc1ccc(Nc2ncnc(N3CCN(c4cccc(Cl)c4)CC3)c2[N+](=O)[O-])c(OC)c1. The maximum atomic E-state index is 12.0. The quantitative estimate of drug-likeness (QED) is 0.403. The number of halogens is 1. The second-order valence-corrected chi connectivity index (χ2v) is 7.73. The summed E-state index contributed by atoms with van der Waals surface area (Å²) in [5.74, 6) is 1.44. The first-order chi connectivity index (χ1) is 16.0. The number of anilines is 4. The molecule has 1 aliphatic rings. The molecular weight excluding hydrogens is 448 g/mol. The zero-order valence-electron chi connectivity index (χ0n) is 18.2. The predicted molar refractivity (Wildman–Crippen MR) is 127 cm³/mol. The number of hydrogen-bond acceptors (Lipinski definition) is 9. The number of methoxy groups -OCH3 is 2. The zero-order chi connectivity index (χ0) is 23.4. The van der Waals surface area contributed by atoms with E-state index < -0.39 is 4.92 Å². The Balaban J connectivity index is 1.58. The highest BCUT2D eigenvalue weighted by molar-refractivity contribution is 6.30. The summed E-state index contributed by atoms with van der Waals surface area (Å²) in [4.78, 5) is 24.1. The number of rotatable bonds is 7. The summed E-state index contributed by atoms with van der Waals surface area (Å²) in [6.45, 7) is 2.48. The van der Waals surface area contributed by atoms with Gasteiger partial charge in [-0.05, 0) is 30.3 Å². The van der Waals surface area contributed by atoms with Gasteiger partial charge in [-0.15, -0.1) is 0 Å². The van der Waals surface area contributed by atoms with Crippen LogP contribution in [0.5, 0.6) is 11.5 Å². The Bertz CT molecular complexity index is 1150. The number of nitrogens with zero attached hydrogens (tertiary/aromatic N) is 5. The fourth-order valence-electron chi connectivity index (χ4n) is 3.74. The lowest BCUT2D eigenvalue weighted by atomic mass is 10.2. The monoisotopic (exact) mass is 470 g/mol. The van der Waals surface area contributed by atoms with Crippen LogP contribution in [0.4, 0.5) is 28.7 Å². The third kappa shape index (κ3) is 4.85. The van der Waals surface area contributed by atoms with E-state index in [9.17, 15) is 10.1 Å². The molecule has 0 saturated carbocycles. The number of ether oxygens (including phenoxy) is 2. The Morgan fingerprint density at radius 1 is 1.03 bits per heavy atom. The Labute approximate surface area is 195 Å². The number of piperazine rings is 1. The van der Waals surface area contributed by atoms with E-state index in [4.69, 9.17) is 21.1 Å². The number of nitro groups is 1. The van der Waals surface area contributed by atoms with Gasteiger partial charge in [-0.3, -0.25) is 10.1 Å². The van der Waals surface area contributed by atoms with Crippen molar-refractivity contribution in [3.8, 4) is 11.5 Å². The van der Waals surface area contributed by atoms with Gasteiger partial charge in [-0.25, -0.2) is 9.97 Å². The van der Waals surface area contributed by atoms with Crippen molar-refractivity contribution in [3.63, 3.8) is 0 Å². The largest absolute Gasteiger partial charge is 0.497 e. The second kappa shape index (κ2) is 9.78. The molecule has 1 aliphatic heterocycles. The van der Waals surface area contributed by atoms with Crippen LogP contribution in [-0.2, 0) is 0 Å². The van der Waals surface area contributed by atoms with E-state index in [1.165, 1.54) is 13.4 Å². The van der Waals surface area contributed by atoms with Crippen LogP contribution in [0, 0.1) is 10.1 Å². The Hall–Kier alpha value is -3.79. The van der Waals surface area contributed by atoms with Crippen molar-refractivity contribution in [2.75, 3.05) is 55.5 Å². The molecule has 33 heavy (non-hydrogen) atoms. The fraction of sp³-hybridized carbons (Fsp3) is 0.273. The molecule has 1 aromatic heterocycles. The van der Waals surface area contributed by atoms with E-state index >= 15 is 0 Å². The summed E-state index contributed by atoms with van der Waals surface area (Å²) in [6.07, 6.45) is 1.32. The molecule has 172 valence electrons. The van der Waals surface area contributed by atoms with E-state index in [2.05, 4.69) is 20.2 Å². The zero-order valence-corrected chi connectivity index (χ0v) is 19.0. The minimum atomic E-state index is -0.461. The number of benzene rings is 2. The van der Waals surface area contributed by atoms with Gasteiger partial charge < -0.3 is 24.6 Å². The smallest absolute Gasteiger partial charge is 0.353 e. The molecule has 0 amide bonds. The van der Waals surface area contributed by atoms with E-state index in [1.54, 1.807) is 25.3 Å². The molecule has 1 fully saturated rings. The first-order valence-corrected chi connectivity index (χ1v) is 10.6. The highest BCUT2D eigenvalue weighted by Crippen LogP contribution is 2.37. The summed E-state index contributed by atoms with van der Waals surface area (Å²) in [5, 5.41) is 15.7. The molecule has 1 saturated heterocycles. The fourth-order valence-corrected chi connectivity index (χ4v) is 3.92. The van der Waals surface area contributed by atoms with Crippen molar-refractivity contribution in [2.45, 2.75) is 0 Å². The van der Waals surface area contributed by atoms with Crippen molar-refractivity contribution in [1.82, 2.24) is 9.97 Å². The normalized spacial score (nSPS) is 13.5. The summed E-state index contributed by atoms with van der Waals surface area (Å²) < 4.78 is 10.6. The molecule has 0 bridgehead atoms. The van der Waals surface area contributed by atoms with E-state index in [1.807, 2.05) is 29.2 Å². The molecule has 2 heterocycles. The molecule has 3 aromatic rings. The minimum Gasteiger partial charge on any atom is -0.497 e. The van der Waals surface area contributed by atoms with Crippen LogP contribution in [0.25, 0.3) is 0 Å². The maximum Gasteiger partial charge on any atom is 0.353 e. The lowest BCUT2D eigenvalue weighted by molar-refractivity contribution is -0.383. The second-order valence-electron chi connectivity index (χ2n) is 7.30. The molecule has 11 heteroatoms. The van der Waals surface area contributed by atoms with Crippen LogP contribution >= 0.6 is 11.6 Å². The van der Waals surface area contributed by atoms with Gasteiger partial charge in [0, 0.05) is 43.0 Å². The first kappa shape index (κ1) is 22.4. The Kier molecular flexibility index (Phi) is 6.64. The summed E-state index contributed by atoms with van der Waals surface area (Å²) in [5.41, 5.74) is 1.36. The van der Waals surface area contributed by atoms with Gasteiger partial charge in [0.25, 0.3) is 0 Å². The van der Waals surface area contributed by atoms with Crippen LogP contribution in [0.3, 0.4) is 0 Å². The van der Waals surface area contributed by atoms with Crippen LogP contribution in [0.1, 0.15) is 0 Å². The third-order valence-corrected chi connectivity index (χ3v) is 5.63. The molecule has 0 atom stereocenters. The Morgan fingerprint density at radius 3 is 2.45 bits per heavy atom. The molecule has 0 spiro atoms. The highest BCUT2D eigenvalue weighted by atomic mass is 35.5. The molecule has 2 aromatic carbocycles. The lowest BCUT2D eigenvalue weighted by Gasteiger charge is -2.36. The summed E-state index contributed by atoms with van der Waals surface area (Å²) in [6, 6.07) is 12.8. The Morgan fingerprint density at radius 2 is 1.79 bits per heavy atom. The van der Waals surface area contributed by atoms with Crippen molar-refractivity contribution < 1.29 is 14.4 Å². The van der Waals surface area contributed by atoms with Gasteiger partial charge in [-0.1, -0.05) is 17.7 Å². The van der Waals surface area contributed by atoms with Crippen molar-refractivity contribution in [2.24, 2.45) is 0 Å². The minimum absolute atomic E-state index is 0.0886. The van der Waals surface area contributed by atoms with Crippen LogP contribution in [0.2, 0.25) is 5.02 Å². The van der Waals surface area contributed by atoms with Gasteiger partial charge in [-0.2, -0.15) is 0 Å². The average Bonchev–Trinajstić information content (AvgIpc) is 2.84. The standard InChI is InChI=1S/C22H23ClN6O4/c1-32-17-6-7-18(19(13-17)33-2)26-21-20(29(30)31)22(25-14-24-21)28-10-8-27(9-11-28)16-5-3-4-15(23)12-16/h3-7,12-14H,8-11H2,1-2H3,(H,24,25,26). The van der Waals surface area contributed by atoms with Gasteiger partial charge in [0.05, 0.1) is 24.8 Å².